The van der Waals surface area contributed by atoms with Gasteiger partial charge in [0.25, 0.3) is 0 Å². The molecule has 2 saturated heterocycles. The largest absolute Gasteiger partial charge is 0.507 e. The van der Waals surface area contributed by atoms with Crippen LogP contribution in [-0.2, 0) is 4.74 Å². The number of phenols is 1. The Morgan fingerprint density at radius 3 is 2.93 bits per heavy atom. The number of benzene rings is 1. The van der Waals surface area contributed by atoms with Crippen LogP contribution in [0.4, 0.5) is 5.82 Å². The Morgan fingerprint density at radius 1 is 1.25 bits per heavy atom. The highest BCUT2D eigenvalue weighted by atomic mass is 32.1. The topological polar surface area (TPSA) is 70.5 Å². The van der Waals surface area contributed by atoms with Crippen LogP contribution >= 0.6 is 11.3 Å². The van der Waals surface area contributed by atoms with Gasteiger partial charge in [0.1, 0.15) is 11.6 Å². The van der Waals surface area contributed by atoms with E-state index < -0.39 is 0 Å². The number of aryl methyl sites for hydroxylation is 1. The van der Waals surface area contributed by atoms with E-state index in [9.17, 15) is 5.11 Å². The number of nitrogens with one attached hydrogen (secondary N) is 1. The maximum absolute atomic E-state index is 10.7. The van der Waals surface area contributed by atoms with Crippen molar-refractivity contribution in [2.45, 2.75) is 31.8 Å². The van der Waals surface area contributed by atoms with Crippen molar-refractivity contribution in [2.24, 2.45) is 0 Å². The number of piperidine rings is 1. The second-order valence-electron chi connectivity index (χ2n) is 7.73. The van der Waals surface area contributed by atoms with Gasteiger partial charge >= 0.3 is 0 Å². The molecule has 2 aliphatic rings. The number of phenolic OH excluding ortho intramolecular Hbond substituents is 1. The summed E-state index contributed by atoms with van der Waals surface area (Å²) in [6.07, 6.45) is 2.33. The lowest BCUT2D eigenvalue weighted by molar-refractivity contribution is -0.0710. The molecule has 1 aromatic carbocycles. The first-order valence-corrected chi connectivity index (χ1v) is 10.7. The van der Waals surface area contributed by atoms with Crippen molar-refractivity contribution in [3.05, 3.63) is 35.2 Å². The molecule has 0 unspecified atom stereocenters. The van der Waals surface area contributed by atoms with Crippen molar-refractivity contribution in [2.75, 3.05) is 31.6 Å². The van der Waals surface area contributed by atoms with Gasteiger partial charge in [-0.25, -0.2) is 0 Å². The lowest BCUT2D eigenvalue weighted by atomic mass is 10.0. The van der Waals surface area contributed by atoms with Crippen LogP contribution in [0, 0.1) is 6.92 Å². The fourth-order valence-corrected chi connectivity index (χ4v) is 4.93. The Labute approximate surface area is 168 Å². The third-order valence-corrected chi connectivity index (χ3v) is 6.67. The molecule has 0 radical (unpaired) electrons. The highest BCUT2D eigenvalue weighted by Gasteiger charge is 2.30. The Bertz CT molecular complexity index is 1000. The number of fused-ring (bicyclic) bond motifs is 1. The number of nitrogens with zero attached hydrogens (tertiary/aromatic N) is 3. The maximum atomic E-state index is 10.7. The number of ether oxygens (including phenoxy) is 1. The van der Waals surface area contributed by atoms with Gasteiger partial charge in [0.05, 0.1) is 24.9 Å². The van der Waals surface area contributed by atoms with E-state index in [0.29, 0.717) is 12.1 Å². The number of hydrogen-bond donors (Lipinski definition) is 2. The lowest BCUT2D eigenvalue weighted by Gasteiger charge is -2.42. The Hall–Kier alpha value is -2.22. The molecule has 0 bridgehead atoms. The molecular formula is C21H24N4O2S. The van der Waals surface area contributed by atoms with Crippen LogP contribution in [0.5, 0.6) is 5.75 Å². The SMILES string of the molecule is Cc1cc(N[C@H]2CCCN(C3COC3)C2)nnc1-c1ccc2sccc2c1O. The van der Waals surface area contributed by atoms with Crippen molar-refractivity contribution >= 4 is 27.2 Å². The van der Waals surface area contributed by atoms with Crippen LogP contribution in [0.15, 0.2) is 29.6 Å². The van der Waals surface area contributed by atoms with Crippen LogP contribution in [-0.4, -0.2) is 58.6 Å². The van der Waals surface area contributed by atoms with Gasteiger partial charge in [-0.05, 0) is 61.5 Å². The number of hydrogen-bond acceptors (Lipinski definition) is 7. The van der Waals surface area contributed by atoms with E-state index in [1.165, 1.54) is 6.42 Å². The van der Waals surface area contributed by atoms with E-state index in [-0.39, 0.29) is 5.75 Å². The molecular weight excluding hydrogens is 372 g/mol. The van der Waals surface area contributed by atoms with E-state index in [4.69, 9.17) is 4.74 Å². The van der Waals surface area contributed by atoms with Crippen molar-refractivity contribution in [3.63, 3.8) is 0 Å². The number of anilines is 1. The van der Waals surface area contributed by atoms with Crippen LogP contribution in [0.3, 0.4) is 0 Å². The molecule has 28 heavy (non-hydrogen) atoms. The molecule has 0 amide bonds. The van der Waals surface area contributed by atoms with Crippen LogP contribution in [0.25, 0.3) is 21.3 Å². The van der Waals surface area contributed by atoms with Crippen LogP contribution in [0.1, 0.15) is 18.4 Å². The fourth-order valence-electron chi connectivity index (χ4n) is 4.14. The minimum absolute atomic E-state index is 0.280. The van der Waals surface area contributed by atoms with Crippen LogP contribution in [0.2, 0.25) is 0 Å². The van der Waals surface area contributed by atoms with E-state index in [1.807, 2.05) is 36.6 Å². The van der Waals surface area contributed by atoms with Gasteiger partial charge in [0, 0.05) is 28.2 Å². The number of thiophene rings is 1. The van der Waals surface area contributed by atoms with E-state index in [1.54, 1.807) is 11.3 Å². The summed E-state index contributed by atoms with van der Waals surface area (Å²) >= 11 is 1.62. The normalized spacial score (nSPS) is 21.0. The molecule has 2 aliphatic heterocycles. The Balaban J connectivity index is 1.35. The molecule has 0 aliphatic carbocycles. The average molecular weight is 397 g/mol. The molecule has 2 fully saturated rings. The summed E-state index contributed by atoms with van der Waals surface area (Å²) in [4.78, 5) is 2.52. The zero-order valence-electron chi connectivity index (χ0n) is 15.9. The number of aromatic hydroxyl groups is 1. The lowest BCUT2D eigenvalue weighted by Crippen LogP contribution is -2.54. The molecule has 4 heterocycles. The van der Waals surface area contributed by atoms with E-state index in [0.717, 1.165) is 65.4 Å². The number of aromatic nitrogens is 2. The highest BCUT2D eigenvalue weighted by Crippen LogP contribution is 2.38. The molecule has 5 rings (SSSR count). The minimum Gasteiger partial charge on any atom is -0.507 e. The van der Waals surface area contributed by atoms with Gasteiger partial charge in [0.15, 0.2) is 0 Å². The van der Waals surface area contributed by atoms with Crippen molar-refractivity contribution in [3.8, 4) is 17.0 Å². The first-order chi connectivity index (χ1) is 13.7. The Morgan fingerprint density at radius 2 is 2.14 bits per heavy atom. The van der Waals surface area contributed by atoms with Crippen molar-refractivity contribution in [1.82, 2.24) is 15.1 Å². The maximum Gasteiger partial charge on any atom is 0.149 e. The fraction of sp³-hybridized carbons (Fsp3) is 0.429. The predicted molar refractivity (Wildman–Crippen MR) is 112 cm³/mol. The van der Waals surface area contributed by atoms with Gasteiger partial charge in [-0.1, -0.05) is 0 Å². The molecule has 146 valence electrons. The number of rotatable bonds is 4. The molecule has 1 atom stereocenters. The van der Waals surface area contributed by atoms with Gasteiger partial charge in [0.2, 0.25) is 0 Å². The third-order valence-electron chi connectivity index (χ3n) is 5.79. The highest BCUT2D eigenvalue weighted by molar-refractivity contribution is 7.17. The summed E-state index contributed by atoms with van der Waals surface area (Å²) in [7, 11) is 0. The first-order valence-electron chi connectivity index (χ1n) is 9.81. The van der Waals surface area contributed by atoms with Crippen LogP contribution < -0.4 is 5.32 Å². The van der Waals surface area contributed by atoms with Crippen molar-refractivity contribution in [1.29, 1.82) is 0 Å². The predicted octanol–water partition coefficient (Wildman–Crippen LogP) is 3.65. The summed E-state index contributed by atoms with van der Waals surface area (Å²) in [6, 6.07) is 8.89. The molecule has 6 nitrogen and oxygen atoms in total. The van der Waals surface area contributed by atoms with Gasteiger partial charge < -0.3 is 15.2 Å². The standard InChI is InChI=1S/C21H24N4O2S/c1-13-9-19(22-14-3-2-7-25(10-14)15-11-27-12-15)23-24-20(13)17-4-5-18-16(21(17)26)6-8-28-18/h4-6,8-9,14-15,26H,2-3,7,10-12H2,1H3,(H,22,23)/t14-/m0/s1. The summed E-state index contributed by atoms with van der Waals surface area (Å²) in [5.74, 6) is 1.08. The second-order valence-corrected chi connectivity index (χ2v) is 8.67. The van der Waals surface area contributed by atoms with Crippen molar-refractivity contribution < 1.29 is 9.84 Å². The summed E-state index contributed by atoms with van der Waals surface area (Å²) in [5.41, 5.74) is 2.46. The molecule has 0 saturated carbocycles. The monoisotopic (exact) mass is 396 g/mol. The second kappa shape index (κ2) is 7.31. The minimum atomic E-state index is 0.280. The number of likely N-dealkylation sites (tertiary alicyclic amines) is 1. The van der Waals surface area contributed by atoms with Gasteiger partial charge in [-0.2, -0.15) is 0 Å². The van der Waals surface area contributed by atoms with E-state index in [2.05, 4.69) is 20.4 Å². The molecule has 7 heteroatoms. The van der Waals surface area contributed by atoms with E-state index >= 15 is 0 Å². The summed E-state index contributed by atoms with van der Waals surface area (Å²) in [6.45, 7) is 5.91. The first kappa shape index (κ1) is 17.8. The zero-order chi connectivity index (χ0) is 19.1. The Kier molecular flexibility index (Phi) is 4.66. The third kappa shape index (κ3) is 3.23. The molecule has 2 aromatic heterocycles. The quantitative estimate of drug-likeness (QED) is 0.702. The van der Waals surface area contributed by atoms with Gasteiger partial charge in [-0.15, -0.1) is 21.5 Å². The molecule has 2 N–H and O–H groups in total. The van der Waals surface area contributed by atoms with Gasteiger partial charge in [-0.3, -0.25) is 4.90 Å². The molecule has 0 spiro atoms. The summed E-state index contributed by atoms with van der Waals surface area (Å²) < 4.78 is 6.41. The molecule has 3 aromatic rings. The smallest absolute Gasteiger partial charge is 0.149 e. The zero-order valence-corrected chi connectivity index (χ0v) is 16.7. The average Bonchev–Trinajstić information content (AvgIpc) is 3.12. The summed E-state index contributed by atoms with van der Waals surface area (Å²) in [5, 5.41) is 25.9.